The van der Waals surface area contributed by atoms with Crippen LogP contribution >= 0.6 is 0 Å². The van der Waals surface area contributed by atoms with E-state index in [-0.39, 0.29) is 0 Å². The maximum absolute atomic E-state index is 4.20. The molecular weight excluding hydrogens is 122 g/mol. The molecule has 0 bridgehead atoms. The van der Waals surface area contributed by atoms with Crippen molar-refractivity contribution in [3.8, 4) is 0 Å². The molecule has 0 radical (unpaired) electrons. The first kappa shape index (κ1) is 9.15. The van der Waals surface area contributed by atoms with E-state index in [9.17, 15) is 0 Å². The molecule has 0 aliphatic carbocycles. The van der Waals surface area contributed by atoms with Crippen molar-refractivity contribution in [3.63, 3.8) is 0 Å². The van der Waals surface area contributed by atoms with Crippen molar-refractivity contribution < 1.29 is 0 Å². The van der Waals surface area contributed by atoms with Gasteiger partial charge in [-0.1, -0.05) is 12.7 Å². The summed E-state index contributed by atoms with van der Waals surface area (Å²) in [5, 5.41) is 0. The fourth-order valence-electron chi connectivity index (χ4n) is 0.583. The van der Waals surface area contributed by atoms with Crippen LogP contribution in [0.2, 0.25) is 0 Å². The summed E-state index contributed by atoms with van der Waals surface area (Å²) < 4.78 is 0. The molecule has 0 saturated carbocycles. The van der Waals surface area contributed by atoms with Crippen molar-refractivity contribution >= 4 is 5.71 Å². The Hall–Kier alpha value is -0.850. The van der Waals surface area contributed by atoms with Crippen molar-refractivity contribution in [2.45, 2.75) is 27.7 Å². The largest absolute Gasteiger partial charge is 0.259 e. The fourth-order valence-corrected chi connectivity index (χ4v) is 0.583. The zero-order valence-electron chi connectivity index (χ0n) is 7.23. The van der Waals surface area contributed by atoms with E-state index in [1.807, 2.05) is 33.8 Å². The molecule has 0 atom stereocenters. The molecule has 0 aromatic rings. The molecule has 0 heterocycles. The highest BCUT2D eigenvalue weighted by Gasteiger charge is 1.90. The SMILES string of the molecule is C=C(C)/N=C(C)\C(C)=C\C. The van der Waals surface area contributed by atoms with E-state index in [1.54, 1.807) is 0 Å². The van der Waals surface area contributed by atoms with Crippen molar-refractivity contribution in [1.82, 2.24) is 0 Å². The summed E-state index contributed by atoms with van der Waals surface area (Å²) in [4.78, 5) is 4.20. The number of nitrogens with zero attached hydrogens (tertiary/aromatic N) is 1. The van der Waals surface area contributed by atoms with E-state index in [1.165, 1.54) is 5.57 Å². The minimum Gasteiger partial charge on any atom is -0.259 e. The molecule has 0 aliphatic rings. The standard InChI is InChI=1S/C9H15N/c1-6-8(4)9(5)10-7(2)3/h6H,2H2,1,3-5H3/b8-6+,10-9-. The van der Waals surface area contributed by atoms with Gasteiger partial charge >= 0.3 is 0 Å². The van der Waals surface area contributed by atoms with Crippen molar-refractivity contribution in [2.75, 3.05) is 0 Å². The maximum Gasteiger partial charge on any atom is 0.0401 e. The zero-order chi connectivity index (χ0) is 8.15. The third kappa shape index (κ3) is 3.23. The van der Waals surface area contributed by atoms with Gasteiger partial charge < -0.3 is 0 Å². The van der Waals surface area contributed by atoms with E-state index < -0.39 is 0 Å². The molecule has 0 aliphatic heterocycles. The van der Waals surface area contributed by atoms with Crippen LogP contribution in [-0.2, 0) is 0 Å². The molecule has 0 saturated heterocycles. The Morgan fingerprint density at radius 1 is 1.30 bits per heavy atom. The molecule has 0 N–H and O–H groups in total. The van der Waals surface area contributed by atoms with Crippen molar-refractivity contribution in [1.29, 1.82) is 0 Å². The second-order valence-electron chi connectivity index (χ2n) is 2.40. The Balaban J connectivity index is 4.35. The van der Waals surface area contributed by atoms with E-state index in [0.29, 0.717) is 0 Å². The Kier molecular flexibility index (Phi) is 3.70. The first-order valence-electron chi connectivity index (χ1n) is 3.42. The molecule has 56 valence electrons. The van der Waals surface area contributed by atoms with Crippen LogP contribution in [0.25, 0.3) is 0 Å². The number of rotatable bonds is 2. The van der Waals surface area contributed by atoms with Crippen LogP contribution in [0.1, 0.15) is 27.7 Å². The summed E-state index contributed by atoms with van der Waals surface area (Å²) in [5.41, 5.74) is 3.12. The summed E-state index contributed by atoms with van der Waals surface area (Å²) >= 11 is 0. The molecule has 10 heavy (non-hydrogen) atoms. The predicted octanol–water partition coefficient (Wildman–Crippen LogP) is 2.95. The van der Waals surface area contributed by atoms with Gasteiger partial charge in [0.1, 0.15) is 0 Å². The Morgan fingerprint density at radius 3 is 2.10 bits per heavy atom. The van der Waals surface area contributed by atoms with Crippen LogP contribution in [0.5, 0.6) is 0 Å². The monoisotopic (exact) mass is 137 g/mol. The van der Waals surface area contributed by atoms with Crippen LogP contribution in [0.4, 0.5) is 0 Å². The quantitative estimate of drug-likeness (QED) is 0.519. The highest BCUT2D eigenvalue weighted by atomic mass is 14.7. The number of allylic oxidation sites excluding steroid dienone is 3. The van der Waals surface area contributed by atoms with Crippen LogP contribution in [0.15, 0.2) is 28.9 Å². The topological polar surface area (TPSA) is 12.4 Å². The van der Waals surface area contributed by atoms with Crippen LogP contribution < -0.4 is 0 Å². The van der Waals surface area contributed by atoms with Gasteiger partial charge in [0.2, 0.25) is 0 Å². The number of hydrogen-bond donors (Lipinski definition) is 0. The summed E-state index contributed by atoms with van der Waals surface area (Å²) in [6.45, 7) is 11.6. The zero-order valence-corrected chi connectivity index (χ0v) is 7.23. The lowest BCUT2D eigenvalue weighted by molar-refractivity contribution is 1.30. The van der Waals surface area contributed by atoms with Gasteiger partial charge in [-0.15, -0.1) is 0 Å². The number of aliphatic imine (C=N–C) groups is 1. The fraction of sp³-hybridized carbons (Fsp3) is 0.444. The maximum atomic E-state index is 4.20. The van der Waals surface area contributed by atoms with Crippen molar-refractivity contribution in [3.05, 3.63) is 23.9 Å². The third-order valence-electron chi connectivity index (χ3n) is 1.36. The van der Waals surface area contributed by atoms with Gasteiger partial charge in [-0.25, -0.2) is 0 Å². The van der Waals surface area contributed by atoms with E-state index in [4.69, 9.17) is 0 Å². The highest BCUT2D eigenvalue weighted by Crippen LogP contribution is 1.99. The minimum atomic E-state index is 0.860. The predicted molar refractivity (Wildman–Crippen MR) is 47.4 cm³/mol. The van der Waals surface area contributed by atoms with E-state index >= 15 is 0 Å². The van der Waals surface area contributed by atoms with Gasteiger partial charge in [0.05, 0.1) is 0 Å². The van der Waals surface area contributed by atoms with E-state index in [2.05, 4.69) is 11.6 Å². The summed E-state index contributed by atoms with van der Waals surface area (Å²) in [7, 11) is 0. The molecular formula is C9H15N. The van der Waals surface area contributed by atoms with E-state index in [0.717, 1.165) is 11.4 Å². The first-order valence-corrected chi connectivity index (χ1v) is 3.42. The van der Waals surface area contributed by atoms with Crippen LogP contribution in [0, 0.1) is 0 Å². The number of hydrogen-bond acceptors (Lipinski definition) is 1. The Bertz CT molecular complexity index is 185. The molecule has 0 aromatic heterocycles. The Morgan fingerprint density at radius 2 is 1.80 bits per heavy atom. The molecule has 0 rings (SSSR count). The minimum absolute atomic E-state index is 0.860. The molecule has 1 nitrogen and oxygen atoms in total. The van der Waals surface area contributed by atoms with Gasteiger partial charge in [-0.05, 0) is 33.3 Å². The van der Waals surface area contributed by atoms with Gasteiger partial charge in [-0.3, -0.25) is 4.99 Å². The second-order valence-corrected chi connectivity index (χ2v) is 2.40. The molecule has 0 unspecified atom stereocenters. The van der Waals surface area contributed by atoms with Crippen LogP contribution in [-0.4, -0.2) is 5.71 Å². The molecule has 0 fully saturated rings. The average Bonchev–Trinajstić information content (AvgIpc) is 1.85. The summed E-state index contributed by atoms with van der Waals surface area (Å²) in [6.07, 6.45) is 2.04. The lowest BCUT2D eigenvalue weighted by atomic mass is 10.2. The van der Waals surface area contributed by atoms with Gasteiger partial charge in [0.15, 0.2) is 0 Å². The first-order chi connectivity index (χ1) is 4.57. The second kappa shape index (κ2) is 4.04. The molecule has 0 amide bonds. The summed E-state index contributed by atoms with van der Waals surface area (Å²) in [6, 6.07) is 0. The lowest BCUT2D eigenvalue weighted by Gasteiger charge is -1.97. The Labute approximate surface area is 63.2 Å². The summed E-state index contributed by atoms with van der Waals surface area (Å²) in [5.74, 6) is 0. The highest BCUT2D eigenvalue weighted by molar-refractivity contribution is 5.98. The lowest BCUT2D eigenvalue weighted by Crippen LogP contribution is -1.92. The van der Waals surface area contributed by atoms with Gasteiger partial charge in [0.25, 0.3) is 0 Å². The van der Waals surface area contributed by atoms with Gasteiger partial charge in [-0.2, -0.15) is 0 Å². The average molecular weight is 137 g/mol. The normalized spacial score (nSPS) is 13.6. The molecule has 0 spiro atoms. The van der Waals surface area contributed by atoms with Crippen LogP contribution in [0.3, 0.4) is 0 Å². The third-order valence-corrected chi connectivity index (χ3v) is 1.36. The van der Waals surface area contributed by atoms with Crippen molar-refractivity contribution in [2.24, 2.45) is 4.99 Å². The molecule has 0 aromatic carbocycles. The molecule has 1 heteroatoms. The van der Waals surface area contributed by atoms with Gasteiger partial charge in [0, 0.05) is 11.4 Å². The smallest absolute Gasteiger partial charge is 0.0401 e.